The minimum atomic E-state index is -0.309. The van der Waals surface area contributed by atoms with Crippen LogP contribution in [0.1, 0.15) is 16.1 Å². The number of para-hydroxylation sites is 1. The van der Waals surface area contributed by atoms with E-state index in [-0.39, 0.29) is 17.2 Å². The highest BCUT2D eigenvalue weighted by atomic mass is 35.5. The summed E-state index contributed by atoms with van der Waals surface area (Å²) in [6, 6.07) is 16.5. The number of halogens is 1. The number of aromatic nitrogens is 4. The molecule has 0 aliphatic carbocycles. The number of hydrogen-bond acceptors (Lipinski definition) is 5. The largest absolute Gasteiger partial charge is 0.451 e. The predicted molar refractivity (Wildman–Crippen MR) is 121 cm³/mol. The first-order valence-electron chi connectivity index (χ1n) is 10.0. The monoisotopic (exact) mass is 447 g/mol. The minimum Gasteiger partial charge on any atom is -0.451 e. The van der Waals surface area contributed by atoms with E-state index in [9.17, 15) is 9.59 Å². The van der Waals surface area contributed by atoms with Crippen LogP contribution in [0.15, 0.2) is 76.3 Å². The summed E-state index contributed by atoms with van der Waals surface area (Å²) in [7, 11) is 0. The van der Waals surface area contributed by atoms with Crippen LogP contribution in [0.5, 0.6) is 0 Å². The fourth-order valence-corrected chi connectivity index (χ4v) is 3.64. The standard InChI is InChI=1S/C23H18ClN5O3/c24-17-7-5-15(6-8-17)13-28-14-26-21-18(23(28)31)12-27-29(21)10-9-25-22(30)20-11-16-3-1-2-4-19(16)32-20/h1-8,11-12,14H,9-10,13H2,(H,25,30). The Kier molecular flexibility index (Phi) is 5.20. The van der Waals surface area contributed by atoms with Gasteiger partial charge < -0.3 is 9.73 Å². The van der Waals surface area contributed by atoms with Gasteiger partial charge in [0.25, 0.3) is 11.5 Å². The van der Waals surface area contributed by atoms with Crippen molar-refractivity contribution >= 4 is 39.5 Å². The highest BCUT2D eigenvalue weighted by molar-refractivity contribution is 6.30. The van der Waals surface area contributed by atoms with Crippen molar-refractivity contribution < 1.29 is 9.21 Å². The highest BCUT2D eigenvalue weighted by Crippen LogP contribution is 2.18. The van der Waals surface area contributed by atoms with Crippen molar-refractivity contribution in [2.45, 2.75) is 13.1 Å². The van der Waals surface area contributed by atoms with Crippen LogP contribution in [0.2, 0.25) is 5.02 Å². The maximum Gasteiger partial charge on any atom is 0.287 e. The van der Waals surface area contributed by atoms with Crippen molar-refractivity contribution in [1.82, 2.24) is 24.6 Å². The van der Waals surface area contributed by atoms with E-state index in [1.165, 1.54) is 17.1 Å². The summed E-state index contributed by atoms with van der Waals surface area (Å²) >= 11 is 5.92. The molecule has 0 atom stereocenters. The lowest BCUT2D eigenvalue weighted by Gasteiger charge is -2.07. The van der Waals surface area contributed by atoms with E-state index in [1.807, 2.05) is 36.4 Å². The van der Waals surface area contributed by atoms with Crippen LogP contribution in [0.3, 0.4) is 0 Å². The zero-order chi connectivity index (χ0) is 22.1. The maximum absolute atomic E-state index is 12.8. The lowest BCUT2D eigenvalue weighted by atomic mass is 10.2. The van der Waals surface area contributed by atoms with Crippen LogP contribution in [0, 0.1) is 0 Å². The number of fused-ring (bicyclic) bond motifs is 2. The molecule has 0 radical (unpaired) electrons. The van der Waals surface area contributed by atoms with E-state index in [4.69, 9.17) is 16.0 Å². The Bertz CT molecular complexity index is 1450. The fraction of sp³-hybridized carbons (Fsp3) is 0.130. The maximum atomic E-state index is 12.8. The first kappa shape index (κ1) is 20.0. The highest BCUT2D eigenvalue weighted by Gasteiger charge is 2.13. The normalized spacial score (nSPS) is 11.3. The number of carbonyl (C=O) groups excluding carboxylic acids is 1. The molecule has 0 aliphatic heterocycles. The quantitative estimate of drug-likeness (QED) is 0.430. The van der Waals surface area contributed by atoms with Gasteiger partial charge in [-0.25, -0.2) is 9.67 Å². The van der Waals surface area contributed by atoms with Crippen molar-refractivity contribution in [3.8, 4) is 0 Å². The second-order valence-corrected chi connectivity index (χ2v) is 7.75. The molecule has 9 heteroatoms. The summed E-state index contributed by atoms with van der Waals surface area (Å²) in [6.45, 7) is 1.06. The van der Waals surface area contributed by atoms with Crippen LogP contribution in [0.25, 0.3) is 22.0 Å². The summed E-state index contributed by atoms with van der Waals surface area (Å²) in [5, 5.41) is 9.01. The van der Waals surface area contributed by atoms with Gasteiger partial charge in [0.2, 0.25) is 0 Å². The molecular weight excluding hydrogens is 430 g/mol. The van der Waals surface area contributed by atoms with Crippen molar-refractivity contribution in [3.63, 3.8) is 0 Å². The number of rotatable bonds is 6. The molecule has 0 aliphatic rings. The van der Waals surface area contributed by atoms with Gasteiger partial charge in [0, 0.05) is 17.0 Å². The smallest absolute Gasteiger partial charge is 0.287 e. The topological polar surface area (TPSA) is 95.0 Å². The summed E-state index contributed by atoms with van der Waals surface area (Å²) < 4.78 is 8.70. The number of furan rings is 1. The summed E-state index contributed by atoms with van der Waals surface area (Å²) in [6.07, 6.45) is 3.01. The van der Waals surface area contributed by atoms with Gasteiger partial charge in [-0.15, -0.1) is 0 Å². The van der Waals surface area contributed by atoms with Gasteiger partial charge in [-0.1, -0.05) is 41.9 Å². The second-order valence-electron chi connectivity index (χ2n) is 7.31. The van der Waals surface area contributed by atoms with Gasteiger partial charge in [-0.05, 0) is 29.8 Å². The average Bonchev–Trinajstić information content (AvgIpc) is 3.42. The molecule has 5 aromatic rings. The SMILES string of the molecule is O=C(NCCn1ncc2c(=O)n(Cc3ccc(Cl)cc3)cnc21)c1cc2ccccc2o1. The molecule has 2 aromatic carbocycles. The zero-order valence-electron chi connectivity index (χ0n) is 16.9. The number of nitrogens with one attached hydrogen (secondary N) is 1. The Morgan fingerprint density at radius 2 is 1.94 bits per heavy atom. The molecule has 0 saturated carbocycles. The van der Waals surface area contributed by atoms with Gasteiger partial charge in [0.1, 0.15) is 17.3 Å². The molecule has 0 saturated heterocycles. The van der Waals surface area contributed by atoms with E-state index in [0.717, 1.165) is 10.9 Å². The molecule has 0 spiro atoms. The summed E-state index contributed by atoms with van der Waals surface area (Å²) in [5.74, 6) is -0.0596. The molecular formula is C23H18ClN5O3. The first-order valence-corrected chi connectivity index (χ1v) is 10.4. The number of benzene rings is 2. The Morgan fingerprint density at radius 1 is 1.12 bits per heavy atom. The molecule has 1 amide bonds. The molecule has 8 nitrogen and oxygen atoms in total. The van der Waals surface area contributed by atoms with Crippen LogP contribution in [0.4, 0.5) is 0 Å². The van der Waals surface area contributed by atoms with Crippen LogP contribution in [-0.2, 0) is 13.1 Å². The summed E-state index contributed by atoms with van der Waals surface area (Å²) in [5.41, 5.74) is 1.90. The number of carbonyl (C=O) groups is 1. The Morgan fingerprint density at radius 3 is 2.75 bits per heavy atom. The van der Waals surface area contributed by atoms with Crippen molar-refractivity contribution in [1.29, 1.82) is 0 Å². The van der Waals surface area contributed by atoms with Crippen molar-refractivity contribution in [3.05, 3.63) is 93.8 Å². The molecule has 32 heavy (non-hydrogen) atoms. The number of amides is 1. The second kappa shape index (κ2) is 8.32. The first-order chi connectivity index (χ1) is 15.6. The van der Waals surface area contributed by atoms with Gasteiger partial charge in [0.15, 0.2) is 11.4 Å². The number of hydrogen-bond donors (Lipinski definition) is 1. The van der Waals surface area contributed by atoms with E-state index >= 15 is 0 Å². The molecule has 3 heterocycles. The third kappa shape index (κ3) is 3.88. The van der Waals surface area contributed by atoms with Crippen molar-refractivity contribution in [2.24, 2.45) is 0 Å². The van der Waals surface area contributed by atoms with Crippen molar-refractivity contribution in [2.75, 3.05) is 6.54 Å². The zero-order valence-corrected chi connectivity index (χ0v) is 17.6. The fourth-order valence-electron chi connectivity index (χ4n) is 3.52. The molecule has 3 aromatic heterocycles. The van der Waals surface area contributed by atoms with E-state index < -0.39 is 0 Å². The molecule has 0 unspecified atom stereocenters. The van der Waals surface area contributed by atoms with Gasteiger partial charge in [0.05, 0.1) is 19.3 Å². The lowest BCUT2D eigenvalue weighted by Crippen LogP contribution is -2.27. The summed E-state index contributed by atoms with van der Waals surface area (Å²) in [4.78, 5) is 29.6. The average molecular weight is 448 g/mol. The molecule has 0 fully saturated rings. The molecule has 160 valence electrons. The van der Waals surface area contributed by atoms with Crippen LogP contribution in [-0.4, -0.2) is 31.8 Å². The lowest BCUT2D eigenvalue weighted by molar-refractivity contribution is 0.0926. The van der Waals surface area contributed by atoms with Gasteiger partial charge >= 0.3 is 0 Å². The Balaban J connectivity index is 1.27. The van der Waals surface area contributed by atoms with Gasteiger partial charge in [-0.2, -0.15) is 5.10 Å². The van der Waals surface area contributed by atoms with E-state index in [2.05, 4.69) is 15.4 Å². The molecule has 1 N–H and O–H groups in total. The number of nitrogens with zero attached hydrogens (tertiary/aromatic N) is 4. The Hall–Kier alpha value is -3.91. The van der Waals surface area contributed by atoms with Crippen LogP contribution >= 0.6 is 11.6 Å². The third-order valence-corrected chi connectivity index (χ3v) is 5.40. The third-order valence-electron chi connectivity index (χ3n) is 5.15. The molecule has 0 bridgehead atoms. The molecule has 5 rings (SSSR count). The van der Waals surface area contributed by atoms with Gasteiger partial charge in [-0.3, -0.25) is 14.2 Å². The predicted octanol–water partition coefficient (Wildman–Crippen LogP) is 3.47. The minimum absolute atomic E-state index is 0.178. The van der Waals surface area contributed by atoms with E-state index in [0.29, 0.717) is 41.3 Å². The Labute approximate surface area is 187 Å². The van der Waals surface area contributed by atoms with E-state index in [1.54, 1.807) is 22.9 Å². The van der Waals surface area contributed by atoms with Crippen LogP contribution < -0.4 is 10.9 Å².